The topological polar surface area (TPSA) is 47.0 Å². The summed E-state index contributed by atoms with van der Waals surface area (Å²) in [4.78, 5) is 10.9. The van der Waals surface area contributed by atoms with Gasteiger partial charge in [-0.05, 0) is 12.1 Å². The van der Waals surface area contributed by atoms with Gasteiger partial charge in [0.1, 0.15) is 0 Å². The first-order valence-electron chi connectivity index (χ1n) is 4.64. The normalized spacial score (nSPS) is 9.25. The van der Waals surface area contributed by atoms with Crippen molar-refractivity contribution in [1.82, 2.24) is 0 Å². The molecule has 1 aromatic carbocycles. The second-order valence-electron chi connectivity index (χ2n) is 3.19. The SMILES string of the molecule is NC(=O)c1ccc(-[n+]2ccccc2)cc1.[Cl-]. The number of aromatic nitrogens is 1. The summed E-state index contributed by atoms with van der Waals surface area (Å²) in [5, 5.41) is 0. The molecule has 1 aromatic heterocycles. The zero-order chi connectivity index (χ0) is 10.7. The van der Waals surface area contributed by atoms with Gasteiger partial charge < -0.3 is 18.1 Å². The maximum Gasteiger partial charge on any atom is 0.248 e. The summed E-state index contributed by atoms with van der Waals surface area (Å²) in [5.41, 5.74) is 6.68. The van der Waals surface area contributed by atoms with E-state index in [2.05, 4.69) is 0 Å². The van der Waals surface area contributed by atoms with Crippen LogP contribution in [0.2, 0.25) is 0 Å². The molecule has 2 N–H and O–H groups in total. The fraction of sp³-hybridized carbons (Fsp3) is 0. The smallest absolute Gasteiger partial charge is 0.248 e. The van der Waals surface area contributed by atoms with Crippen molar-refractivity contribution in [3.05, 3.63) is 60.4 Å². The number of carbonyl (C=O) groups excluding carboxylic acids is 1. The van der Waals surface area contributed by atoms with Gasteiger partial charge in [0.2, 0.25) is 11.6 Å². The van der Waals surface area contributed by atoms with E-state index >= 15 is 0 Å². The number of benzene rings is 1. The lowest BCUT2D eigenvalue weighted by molar-refractivity contribution is -0.595. The predicted octanol–water partition coefficient (Wildman–Crippen LogP) is -1.93. The quantitative estimate of drug-likeness (QED) is 0.605. The zero-order valence-corrected chi connectivity index (χ0v) is 9.26. The standard InChI is InChI=1S/C12H10N2O.ClH/c13-12(15)10-4-6-11(7-5-10)14-8-2-1-3-9-14;/h1-9H,(H-,13,15);1H. The molecule has 16 heavy (non-hydrogen) atoms. The van der Waals surface area contributed by atoms with Crippen LogP contribution in [0.5, 0.6) is 0 Å². The summed E-state index contributed by atoms with van der Waals surface area (Å²) in [6.45, 7) is 0. The molecule has 2 aromatic rings. The molecule has 3 nitrogen and oxygen atoms in total. The van der Waals surface area contributed by atoms with Crippen LogP contribution in [0.25, 0.3) is 5.69 Å². The summed E-state index contributed by atoms with van der Waals surface area (Å²) < 4.78 is 1.96. The van der Waals surface area contributed by atoms with Crippen molar-refractivity contribution in [1.29, 1.82) is 0 Å². The maximum atomic E-state index is 10.9. The van der Waals surface area contributed by atoms with Crippen molar-refractivity contribution in [2.75, 3.05) is 0 Å². The van der Waals surface area contributed by atoms with Gasteiger partial charge in [-0.1, -0.05) is 6.07 Å². The second kappa shape index (κ2) is 5.28. The van der Waals surface area contributed by atoms with Gasteiger partial charge >= 0.3 is 0 Å². The van der Waals surface area contributed by atoms with Crippen molar-refractivity contribution in [2.24, 2.45) is 5.73 Å². The van der Waals surface area contributed by atoms with Gasteiger partial charge in [0.05, 0.1) is 0 Å². The molecule has 1 heterocycles. The van der Waals surface area contributed by atoms with Crippen LogP contribution in [-0.4, -0.2) is 5.91 Å². The lowest BCUT2D eigenvalue weighted by Crippen LogP contribution is -3.00. The van der Waals surface area contributed by atoms with Crippen molar-refractivity contribution < 1.29 is 21.8 Å². The largest absolute Gasteiger partial charge is 1.00 e. The number of nitrogens with zero attached hydrogens (tertiary/aromatic N) is 1. The fourth-order valence-corrected chi connectivity index (χ4v) is 1.37. The molecule has 4 heteroatoms. The Morgan fingerprint density at radius 1 is 1.00 bits per heavy atom. The number of primary amides is 1. The van der Waals surface area contributed by atoms with Crippen LogP contribution in [0.4, 0.5) is 0 Å². The van der Waals surface area contributed by atoms with Crippen LogP contribution < -0.4 is 22.7 Å². The molecule has 1 amide bonds. The molecule has 0 radical (unpaired) electrons. The Morgan fingerprint density at radius 2 is 1.56 bits per heavy atom. The number of rotatable bonds is 2. The Kier molecular flexibility index (Phi) is 4.03. The number of nitrogens with two attached hydrogens (primary N) is 1. The molecule has 0 atom stereocenters. The molecule has 0 spiro atoms. The van der Waals surface area contributed by atoms with Crippen LogP contribution in [-0.2, 0) is 0 Å². The van der Waals surface area contributed by atoms with E-state index in [-0.39, 0.29) is 12.4 Å². The van der Waals surface area contributed by atoms with Gasteiger partial charge in [0.15, 0.2) is 12.4 Å². The first-order valence-corrected chi connectivity index (χ1v) is 4.64. The number of halogens is 1. The van der Waals surface area contributed by atoms with E-state index in [1.165, 1.54) is 0 Å². The monoisotopic (exact) mass is 234 g/mol. The summed E-state index contributed by atoms with van der Waals surface area (Å²) in [6, 6.07) is 13.0. The van der Waals surface area contributed by atoms with E-state index in [1.54, 1.807) is 12.1 Å². The highest BCUT2D eigenvalue weighted by molar-refractivity contribution is 5.92. The first-order chi connectivity index (χ1) is 7.27. The van der Waals surface area contributed by atoms with Crippen LogP contribution in [0, 0.1) is 0 Å². The van der Waals surface area contributed by atoms with Crippen LogP contribution in [0.15, 0.2) is 54.9 Å². The average Bonchev–Trinajstić information content (AvgIpc) is 2.30. The Balaban J connectivity index is 0.00000128. The Hall–Kier alpha value is -1.87. The minimum atomic E-state index is -0.403. The molecule has 0 unspecified atom stereocenters. The van der Waals surface area contributed by atoms with Gasteiger partial charge in [-0.3, -0.25) is 4.79 Å². The Bertz CT molecular complexity index is 468. The average molecular weight is 235 g/mol. The van der Waals surface area contributed by atoms with Crippen LogP contribution in [0.3, 0.4) is 0 Å². The van der Waals surface area contributed by atoms with E-state index < -0.39 is 5.91 Å². The fourth-order valence-electron chi connectivity index (χ4n) is 1.37. The first kappa shape index (κ1) is 12.2. The number of pyridine rings is 1. The van der Waals surface area contributed by atoms with Gasteiger partial charge in [-0.15, -0.1) is 0 Å². The highest BCUT2D eigenvalue weighted by atomic mass is 35.5. The molecular formula is C12H11ClN2O. The van der Waals surface area contributed by atoms with Crippen molar-refractivity contribution in [3.63, 3.8) is 0 Å². The summed E-state index contributed by atoms with van der Waals surface area (Å²) >= 11 is 0. The molecule has 0 saturated carbocycles. The highest BCUT2D eigenvalue weighted by Crippen LogP contribution is 2.02. The van der Waals surface area contributed by atoms with Crippen molar-refractivity contribution in [3.8, 4) is 5.69 Å². The zero-order valence-electron chi connectivity index (χ0n) is 8.51. The van der Waals surface area contributed by atoms with Gasteiger partial charge in [0, 0.05) is 29.8 Å². The maximum absolute atomic E-state index is 10.9. The molecule has 0 aliphatic carbocycles. The van der Waals surface area contributed by atoms with Crippen molar-refractivity contribution >= 4 is 5.91 Å². The Morgan fingerprint density at radius 3 is 2.06 bits per heavy atom. The number of amides is 1. The third-order valence-corrected chi connectivity index (χ3v) is 2.17. The number of carbonyl (C=O) groups is 1. The van der Waals surface area contributed by atoms with E-state index in [9.17, 15) is 4.79 Å². The highest BCUT2D eigenvalue weighted by Gasteiger charge is 2.05. The van der Waals surface area contributed by atoms with Gasteiger partial charge in [0.25, 0.3) is 0 Å². The van der Waals surface area contributed by atoms with E-state index in [0.29, 0.717) is 5.56 Å². The Labute approximate surface area is 99.9 Å². The lowest BCUT2D eigenvalue weighted by atomic mass is 10.2. The minimum Gasteiger partial charge on any atom is -1.00 e. The summed E-state index contributed by atoms with van der Waals surface area (Å²) in [5.74, 6) is -0.403. The predicted molar refractivity (Wildman–Crippen MR) is 56.5 cm³/mol. The number of hydrogen-bond acceptors (Lipinski definition) is 1. The minimum absolute atomic E-state index is 0. The number of hydrogen-bond donors (Lipinski definition) is 1. The second-order valence-corrected chi connectivity index (χ2v) is 3.19. The summed E-state index contributed by atoms with van der Waals surface area (Å²) in [7, 11) is 0. The van der Waals surface area contributed by atoms with Gasteiger partial charge in [-0.2, -0.15) is 4.57 Å². The molecular weight excluding hydrogens is 224 g/mol. The van der Waals surface area contributed by atoms with Crippen molar-refractivity contribution in [2.45, 2.75) is 0 Å². The van der Waals surface area contributed by atoms with Gasteiger partial charge in [-0.25, -0.2) is 0 Å². The molecule has 82 valence electrons. The third kappa shape index (κ3) is 2.58. The molecule has 0 fully saturated rings. The van der Waals surface area contributed by atoms with Crippen LogP contribution in [0.1, 0.15) is 10.4 Å². The van der Waals surface area contributed by atoms with E-state index in [0.717, 1.165) is 5.69 Å². The molecule has 2 rings (SSSR count). The molecule has 0 aliphatic rings. The summed E-state index contributed by atoms with van der Waals surface area (Å²) in [6.07, 6.45) is 3.89. The molecule has 0 saturated heterocycles. The van der Waals surface area contributed by atoms with Crippen LogP contribution >= 0.6 is 0 Å². The van der Waals surface area contributed by atoms with E-state index in [1.807, 2.05) is 47.3 Å². The molecule has 0 bridgehead atoms. The van der Waals surface area contributed by atoms with E-state index in [4.69, 9.17) is 5.73 Å². The molecule has 0 aliphatic heterocycles. The lowest BCUT2D eigenvalue weighted by Gasteiger charge is -1.96. The third-order valence-electron chi connectivity index (χ3n) is 2.17.